The van der Waals surface area contributed by atoms with Crippen molar-refractivity contribution in [3.63, 3.8) is 0 Å². The van der Waals surface area contributed by atoms with E-state index in [1.54, 1.807) is 14.2 Å². The van der Waals surface area contributed by atoms with Crippen LogP contribution in [0.2, 0.25) is 0 Å². The Bertz CT molecular complexity index is 421. The lowest BCUT2D eigenvalue weighted by molar-refractivity contribution is -0.149. The second-order valence-electron chi connectivity index (χ2n) is 3.67. The van der Waals surface area contributed by atoms with Gasteiger partial charge >= 0.3 is 12.4 Å². The van der Waals surface area contributed by atoms with Crippen LogP contribution in [-0.2, 0) is 28.6 Å². The fourth-order valence-electron chi connectivity index (χ4n) is 1.64. The van der Waals surface area contributed by atoms with E-state index >= 15 is 0 Å². The SMILES string of the molecule is C#C.CC(=O)OC=O.COC(OC)=C1CCCCC1=C=O. The Balaban J connectivity index is 0. The zero-order chi connectivity index (χ0) is 16.7. The first-order valence-electron chi connectivity index (χ1n) is 6.10. The molecule has 0 radical (unpaired) electrons. The molecule has 0 atom stereocenters. The van der Waals surface area contributed by atoms with Crippen molar-refractivity contribution in [3.8, 4) is 12.8 Å². The van der Waals surface area contributed by atoms with Crippen LogP contribution in [0.25, 0.3) is 0 Å². The summed E-state index contributed by atoms with van der Waals surface area (Å²) < 4.78 is 13.8. The third-order valence-electron chi connectivity index (χ3n) is 2.42. The molecule has 0 spiro atoms. The molecule has 0 unspecified atom stereocenters. The highest BCUT2D eigenvalue weighted by atomic mass is 16.7. The Hall–Kier alpha value is -2.51. The molecule has 6 heteroatoms. The van der Waals surface area contributed by atoms with E-state index in [2.05, 4.69) is 17.6 Å². The second kappa shape index (κ2) is 13.9. The van der Waals surface area contributed by atoms with E-state index < -0.39 is 5.97 Å². The van der Waals surface area contributed by atoms with E-state index in [0.29, 0.717) is 11.5 Å². The van der Waals surface area contributed by atoms with Crippen LogP contribution in [0.3, 0.4) is 0 Å². The first-order valence-corrected chi connectivity index (χ1v) is 6.10. The Morgan fingerprint density at radius 1 is 1.19 bits per heavy atom. The van der Waals surface area contributed by atoms with Gasteiger partial charge in [-0.1, -0.05) is 0 Å². The van der Waals surface area contributed by atoms with E-state index in [-0.39, 0.29) is 6.47 Å². The van der Waals surface area contributed by atoms with Gasteiger partial charge in [-0.2, -0.15) is 0 Å². The van der Waals surface area contributed by atoms with Crippen molar-refractivity contribution >= 4 is 18.4 Å². The summed E-state index contributed by atoms with van der Waals surface area (Å²) in [5, 5.41) is 0. The highest BCUT2D eigenvalue weighted by Crippen LogP contribution is 2.29. The maximum absolute atomic E-state index is 10.6. The van der Waals surface area contributed by atoms with Gasteiger partial charge in [0.25, 0.3) is 5.95 Å². The fraction of sp³-hybridized carbons (Fsp3) is 0.467. The smallest absolute Gasteiger partial charge is 0.310 e. The number of methoxy groups -OCH3 is 2. The molecule has 21 heavy (non-hydrogen) atoms. The Morgan fingerprint density at radius 2 is 1.71 bits per heavy atom. The summed E-state index contributed by atoms with van der Waals surface area (Å²) in [5.41, 5.74) is 1.58. The Labute approximate surface area is 124 Å². The highest BCUT2D eigenvalue weighted by molar-refractivity contribution is 5.73. The molecule has 116 valence electrons. The fourth-order valence-corrected chi connectivity index (χ4v) is 1.64. The lowest BCUT2D eigenvalue weighted by Crippen LogP contribution is -2.05. The number of hydrogen-bond donors (Lipinski definition) is 0. The summed E-state index contributed by atoms with van der Waals surface area (Å²) in [4.78, 5) is 29.4. The maximum Gasteiger partial charge on any atom is 0.310 e. The molecule has 0 bridgehead atoms. The Morgan fingerprint density at radius 3 is 2.05 bits per heavy atom. The summed E-state index contributed by atoms with van der Waals surface area (Å²) in [6.07, 6.45) is 11.8. The predicted octanol–water partition coefficient (Wildman–Crippen LogP) is 1.78. The van der Waals surface area contributed by atoms with Gasteiger partial charge in [0.1, 0.15) is 5.94 Å². The molecule has 6 nitrogen and oxygen atoms in total. The molecule has 1 aliphatic carbocycles. The van der Waals surface area contributed by atoms with E-state index in [0.717, 1.165) is 38.2 Å². The van der Waals surface area contributed by atoms with Gasteiger partial charge in [0, 0.05) is 18.1 Å². The molecule has 0 aromatic rings. The average molecular weight is 296 g/mol. The number of esters is 1. The van der Waals surface area contributed by atoms with Gasteiger partial charge < -0.3 is 14.2 Å². The van der Waals surface area contributed by atoms with Crippen LogP contribution in [0.15, 0.2) is 17.1 Å². The van der Waals surface area contributed by atoms with E-state index in [1.807, 2.05) is 5.94 Å². The monoisotopic (exact) mass is 296 g/mol. The predicted molar refractivity (Wildman–Crippen MR) is 76.4 cm³/mol. The van der Waals surface area contributed by atoms with Crippen LogP contribution in [0.4, 0.5) is 0 Å². The molecule has 0 saturated heterocycles. The largest absolute Gasteiger partial charge is 0.469 e. The number of terminal acetylenes is 1. The standard InChI is InChI=1S/C10H14O3.C3H4O3.C2H2/c1-12-10(13-2)9-6-4-3-5-8(9)7-11;1-3(5)6-2-4;1-2/h3-6H2,1-2H3;2H,1H3;1-2H. The first-order chi connectivity index (χ1) is 10.1. The quantitative estimate of drug-likeness (QED) is 0.197. The molecule has 0 aromatic heterocycles. The average Bonchev–Trinajstić information content (AvgIpc) is 2.51. The number of allylic oxidation sites excluding steroid dienone is 2. The molecule has 0 heterocycles. The zero-order valence-electron chi connectivity index (χ0n) is 12.5. The van der Waals surface area contributed by atoms with Crippen LogP contribution in [0, 0.1) is 12.8 Å². The molecule has 1 saturated carbocycles. The molecule has 0 N–H and O–H groups in total. The van der Waals surface area contributed by atoms with Crippen LogP contribution >= 0.6 is 0 Å². The topological polar surface area (TPSA) is 78.9 Å². The molecule has 1 aliphatic rings. The van der Waals surface area contributed by atoms with Crippen molar-refractivity contribution in [3.05, 3.63) is 17.1 Å². The van der Waals surface area contributed by atoms with Crippen LogP contribution < -0.4 is 0 Å². The number of carbonyl (C=O) groups is 2. The zero-order valence-corrected chi connectivity index (χ0v) is 12.5. The van der Waals surface area contributed by atoms with E-state index in [9.17, 15) is 14.4 Å². The van der Waals surface area contributed by atoms with Crippen molar-refractivity contribution in [2.45, 2.75) is 32.6 Å². The van der Waals surface area contributed by atoms with E-state index in [4.69, 9.17) is 9.47 Å². The number of carbonyl (C=O) groups excluding carboxylic acids is 3. The third-order valence-corrected chi connectivity index (χ3v) is 2.42. The number of rotatable bonds is 3. The van der Waals surface area contributed by atoms with Gasteiger partial charge in [-0.25, -0.2) is 4.79 Å². The minimum atomic E-state index is -0.579. The van der Waals surface area contributed by atoms with Crippen molar-refractivity contribution < 1.29 is 28.6 Å². The third kappa shape index (κ3) is 9.09. The van der Waals surface area contributed by atoms with Crippen molar-refractivity contribution in [2.24, 2.45) is 0 Å². The van der Waals surface area contributed by atoms with Crippen LogP contribution in [0.5, 0.6) is 0 Å². The summed E-state index contributed by atoms with van der Waals surface area (Å²) >= 11 is 0. The minimum absolute atomic E-state index is 0.0995. The summed E-state index contributed by atoms with van der Waals surface area (Å²) in [6, 6.07) is 0. The van der Waals surface area contributed by atoms with Crippen molar-refractivity contribution in [1.29, 1.82) is 0 Å². The van der Waals surface area contributed by atoms with Gasteiger partial charge in [-0.15, -0.1) is 12.8 Å². The maximum atomic E-state index is 10.6. The van der Waals surface area contributed by atoms with Crippen LogP contribution in [0.1, 0.15) is 32.6 Å². The molecule has 1 rings (SSSR count). The van der Waals surface area contributed by atoms with Gasteiger partial charge in [0.2, 0.25) is 0 Å². The van der Waals surface area contributed by atoms with Gasteiger partial charge in [-0.3, -0.25) is 9.59 Å². The lowest BCUT2D eigenvalue weighted by Gasteiger charge is -2.17. The van der Waals surface area contributed by atoms with E-state index in [1.165, 1.54) is 0 Å². The second-order valence-corrected chi connectivity index (χ2v) is 3.67. The van der Waals surface area contributed by atoms with Crippen molar-refractivity contribution in [2.75, 3.05) is 14.2 Å². The molecular formula is C15H20O6. The number of hydrogen-bond acceptors (Lipinski definition) is 6. The highest BCUT2D eigenvalue weighted by Gasteiger charge is 2.18. The molecule has 1 fully saturated rings. The van der Waals surface area contributed by atoms with Crippen molar-refractivity contribution in [1.82, 2.24) is 0 Å². The van der Waals surface area contributed by atoms with Gasteiger partial charge in [-0.05, 0) is 25.7 Å². The van der Waals surface area contributed by atoms with Crippen LogP contribution in [-0.4, -0.2) is 32.6 Å². The summed E-state index contributed by atoms with van der Waals surface area (Å²) in [6.45, 7) is 1.26. The summed E-state index contributed by atoms with van der Waals surface area (Å²) in [7, 11) is 3.09. The molecule has 0 aromatic carbocycles. The first kappa shape index (κ1) is 20.8. The lowest BCUT2D eigenvalue weighted by atomic mass is 9.91. The van der Waals surface area contributed by atoms with Gasteiger partial charge in [0.15, 0.2) is 0 Å². The number of ether oxygens (including phenoxy) is 3. The molecular weight excluding hydrogens is 276 g/mol. The summed E-state index contributed by atoms with van der Waals surface area (Å²) in [5.74, 6) is 1.83. The minimum Gasteiger partial charge on any atom is -0.469 e. The normalized spacial score (nSPS) is 12.2. The van der Waals surface area contributed by atoms with Gasteiger partial charge in [0.05, 0.1) is 14.2 Å². The molecule has 0 amide bonds. The Kier molecular flexibility index (Phi) is 13.8. The molecule has 0 aliphatic heterocycles.